The van der Waals surface area contributed by atoms with E-state index in [9.17, 15) is 4.79 Å². The van der Waals surface area contributed by atoms with E-state index in [1.165, 1.54) is 5.56 Å². The highest BCUT2D eigenvalue weighted by Crippen LogP contribution is 2.20. The van der Waals surface area contributed by atoms with Crippen LogP contribution < -0.4 is 10.1 Å². The quantitative estimate of drug-likeness (QED) is 0.719. The number of nitrogens with one attached hydrogen (secondary N) is 1. The molecule has 6 heteroatoms. The highest BCUT2D eigenvalue weighted by atomic mass is 16.5. The van der Waals surface area contributed by atoms with E-state index in [1.54, 1.807) is 18.0 Å². The molecule has 1 aromatic heterocycles. The summed E-state index contributed by atoms with van der Waals surface area (Å²) in [4.78, 5) is 15.2. The van der Waals surface area contributed by atoms with E-state index in [0.717, 1.165) is 31.7 Å². The summed E-state index contributed by atoms with van der Waals surface area (Å²) >= 11 is 0. The molecule has 1 unspecified atom stereocenters. The van der Waals surface area contributed by atoms with Gasteiger partial charge in [0, 0.05) is 25.7 Å². The summed E-state index contributed by atoms with van der Waals surface area (Å²) in [5.74, 6) is 0.276. The van der Waals surface area contributed by atoms with Gasteiger partial charge in [0.15, 0.2) is 11.4 Å². The SMILES string of the molecule is COc1cn(-c2ccccc2)nc1C(=O)NC1CCN(Cc2ccccc2)C1. The van der Waals surface area contributed by atoms with E-state index >= 15 is 0 Å². The normalized spacial score (nSPS) is 16.8. The molecule has 6 nitrogen and oxygen atoms in total. The van der Waals surface area contributed by atoms with Crippen molar-refractivity contribution in [1.29, 1.82) is 0 Å². The van der Waals surface area contributed by atoms with E-state index in [0.29, 0.717) is 11.4 Å². The van der Waals surface area contributed by atoms with Crippen LogP contribution in [-0.4, -0.2) is 46.8 Å². The number of carbonyl (C=O) groups excluding carboxylic acids is 1. The van der Waals surface area contributed by atoms with Gasteiger partial charge in [0.1, 0.15) is 0 Å². The molecule has 2 heterocycles. The maximum absolute atomic E-state index is 12.8. The number of nitrogens with zero attached hydrogens (tertiary/aromatic N) is 3. The van der Waals surface area contributed by atoms with Crippen molar-refractivity contribution in [2.24, 2.45) is 0 Å². The zero-order valence-electron chi connectivity index (χ0n) is 15.9. The van der Waals surface area contributed by atoms with Crippen molar-refractivity contribution in [3.8, 4) is 11.4 Å². The molecule has 1 aliphatic rings. The predicted molar refractivity (Wildman–Crippen MR) is 108 cm³/mol. The molecule has 1 amide bonds. The number of aromatic nitrogens is 2. The van der Waals surface area contributed by atoms with Gasteiger partial charge in [-0.2, -0.15) is 5.10 Å². The summed E-state index contributed by atoms with van der Waals surface area (Å²) < 4.78 is 7.05. The molecule has 2 aromatic carbocycles. The first kappa shape index (κ1) is 18.3. The molecule has 1 aliphatic heterocycles. The first-order valence-corrected chi connectivity index (χ1v) is 9.49. The predicted octanol–water partition coefficient (Wildman–Crippen LogP) is 2.89. The van der Waals surface area contributed by atoms with Gasteiger partial charge in [-0.15, -0.1) is 0 Å². The van der Waals surface area contributed by atoms with Crippen molar-refractivity contribution < 1.29 is 9.53 Å². The number of hydrogen-bond donors (Lipinski definition) is 1. The maximum atomic E-state index is 12.8. The molecule has 0 spiro atoms. The highest BCUT2D eigenvalue weighted by molar-refractivity contribution is 5.95. The lowest BCUT2D eigenvalue weighted by molar-refractivity contribution is 0.0929. The van der Waals surface area contributed by atoms with Crippen LogP contribution in [0.25, 0.3) is 5.69 Å². The molecule has 1 atom stereocenters. The Labute approximate surface area is 164 Å². The molecule has 0 radical (unpaired) electrons. The third kappa shape index (κ3) is 4.07. The second kappa shape index (κ2) is 8.27. The van der Waals surface area contributed by atoms with Gasteiger partial charge < -0.3 is 10.1 Å². The lowest BCUT2D eigenvalue weighted by atomic mass is 10.2. The van der Waals surface area contributed by atoms with Crippen molar-refractivity contribution in [1.82, 2.24) is 20.0 Å². The van der Waals surface area contributed by atoms with Crippen molar-refractivity contribution >= 4 is 5.91 Å². The van der Waals surface area contributed by atoms with Crippen LogP contribution in [0, 0.1) is 0 Å². The molecule has 0 aliphatic carbocycles. The van der Waals surface area contributed by atoms with Crippen molar-refractivity contribution in [3.63, 3.8) is 0 Å². The number of ether oxygens (including phenoxy) is 1. The van der Waals surface area contributed by atoms with Crippen molar-refractivity contribution in [3.05, 3.63) is 78.1 Å². The lowest BCUT2D eigenvalue weighted by Gasteiger charge is -2.16. The number of benzene rings is 2. The van der Waals surface area contributed by atoms with Crippen LogP contribution in [-0.2, 0) is 6.54 Å². The Kier molecular flexibility index (Phi) is 5.39. The van der Waals surface area contributed by atoms with Crippen LogP contribution in [0.3, 0.4) is 0 Å². The van der Waals surface area contributed by atoms with Crippen LogP contribution in [0.15, 0.2) is 66.9 Å². The minimum atomic E-state index is -0.196. The Balaban J connectivity index is 1.41. The number of hydrogen-bond acceptors (Lipinski definition) is 4. The number of likely N-dealkylation sites (tertiary alicyclic amines) is 1. The molecule has 1 fully saturated rings. The van der Waals surface area contributed by atoms with Crippen molar-refractivity contribution in [2.75, 3.05) is 20.2 Å². The monoisotopic (exact) mass is 376 g/mol. The molecule has 3 aromatic rings. The smallest absolute Gasteiger partial charge is 0.275 e. The summed E-state index contributed by atoms with van der Waals surface area (Å²) in [5, 5.41) is 7.56. The number of carbonyl (C=O) groups is 1. The summed E-state index contributed by atoms with van der Waals surface area (Å²) in [6.07, 6.45) is 2.67. The molecule has 28 heavy (non-hydrogen) atoms. The molecule has 1 N–H and O–H groups in total. The fraction of sp³-hybridized carbons (Fsp3) is 0.273. The van der Waals surface area contributed by atoms with E-state index < -0.39 is 0 Å². The zero-order chi connectivity index (χ0) is 19.3. The summed E-state index contributed by atoms with van der Waals surface area (Å²) in [6.45, 7) is 2.71. The van der Waals surface area contributed by atoms with Gasteiger partial charge >= 0.3 is 0 Å². The van der Waals surface area contributed by atoms with Gasteiger partial charge in [-0.25, -0.2) is 4.68 Å². The maximum Gasteiger partial charge on any atom is 0.275 e. The van der Waals surface area contributed by atoms with Gasteiger partial charge in [0.05, 0.1) is 19.0 Å². The average Bonchev–Trinajstić information content (AvgIpc) is 3.36. The molecule has 144 valence electrons. The van der Waals surface area contributed by atoms with Gasteiger partial charge in [0.2, 0.25) is 0 Å². The van der Waals surface area contributed by atoms with Gasteiger partial charge in [-0.1, -0.05) is 48.5 Å². The Hall–Kier alpha value is -3.12. The Morgan fingerprint density at radius 3 is 2.57 bits per heavy atom. The third-order valence-electron chi connectivity index (χ3n) is 4.99. The second-order valence-electron chi connectivity index (χ2n) is 7.01. The van der Waals surface area contributed by atoms with E-state index in [-0.39, 0.29) is 11.9 Å². The van der Waals surface area contributed by atoms with Gasteiger partial charge in [0.25, 0.3) is 5.91 Å². The Morgan fingerprint density at radius 2 is 1.86 bits per heavy atom. The number of rotatable bonds is 6. The minimum Gasteiger partial charge on any atom is -0.493 e. The Bertz CT molecular complexity index is 924. The zero-order valence-corrected chi connectivity index (χ0v) is 15.9. The van der Waals surface area contributed by atoms with Gasteiger partial charge in [-0.3, -0.25) is 9.69 Å². The number of amides is 1. The summed E-state index contributed by atoms with van der Waals surface area (Å²) in [5.41, 5.74) is 2.49. The third-order valence-corrected chi connectivity index (χ3v) is 4.99. The standard InChI is InChI=1S/C22H24N4O2/c1-28-20-16-26(19-10-6-3-7-11-19)24-21(20)22(27)23-18-12-13-25(15-18)14-17-8-4-2-5-9-17/h2-11,16,18H,12-15H2,1H3,(H,23,27). The molecule has 1 saturated heterocycles. The largest absolute Gasteiger partial charge is 0.493 e. The highest BCUT2D eigenvalue weighted by Gasteiger charge is 2.26. The Morgan fingerprint density at radius 1 is 1.14 bits per heavy atom. The van der Waals surface area contributed by atoms with Crippen LogP contribution in [0.1, 0.15) is 22.5 Å². The molecule has 4 rings (SSSR count). The van der Waals surface area contributed by atoms with E-state index in [1.807, 2.05) is 36.4 Å². The van der Waals surface area contributed by atoms with Crippen LogP contribution in [0.4, 0.5) is 0 Å². The number of methoxy groups -OCH3 is 1. The summed E-state index contributed by atoms with van der Waals surface area (Å²) in [7, 11) is 1.56. The molecular weight excluding hydrogens is 352 g/mol. The van der Waals surface area contributed by atoms with E-state index in [4.69, 9.17) is 4.74 Å². The first-order chi connectivity index (χ1) is 13.7. The lowest BCUT2D eigenvalue weighted by Crippen LogP contribution is -2.37. The van der Waals surface area contributed by atoms with E-state index in [2.05, 4.69) is 39.6 Å². The van der Waals surface area contributed by atoms with Crippen LogP contribution in [0.5, 0.6) is 5.75 Å². The van der Waals surface area contributed by atoms with Crippen molar-refractivity contribution in [2.45, 2.75) is 19.0 Å². The first-order valence-electron chi connectivity index (χ1n) is 9.49. The second-order valence-corrected chi connectivity index (χ2v) is 7.01. The van der Waals surface area contributed by atoms with Crippen LogP contribution >= 0.6 is 0 Å². The van der Waals surface area contributed by atoms with Gasteiger partial charge in [-0.05, 0) is 24.1 Å². The fourth-order valence-corrected chi connectivity index (χ4v) is 3.57. The molecule has 0 bridgehead atoms. The van der Waals surface area contributed by atoms with Crippen LogP contribution in [0.2, 0.25) is 0 Å². The molecular formula is C22H24N4O2. The average molecular weight is 376 g/mol. The molecule has 0 saturated carbocycles. The number of para-hydroxylation sites is 1. The minimum absolute atomic E-state index is 0.114. The fourth-order valence-electron chi connectivity index (χ4n) is 3.57. The topological polar surface area (TPSA) is 59.4 Å². The summed E-state index contributed by atoms with van der Waals surface area (Å²) in [6, 6.07) is 20.2.